The highest BCUT2D eigenvalue weighted by molar-refractivity contribution is 5.78. The molecular weight excluding hydrogens is 172 g/mol. The third-order valence-electron chi connectivity index (χ3n) is 1.90. The van der Waals surface area contributed by atoms with E-state index in [2.05, 4.69) is 4.74 Å². The molecule has 1 unspecified atom stereocenters. The third-order valence-corrected chi connectivity index (χ3v) is 1.90. The zero-order valence-electron chi connectivity index (χ0n) is 7.23. The maximum Gasteiger partial charge on any atom is 0.506 e. The van der Waals surface area contributed by atoms with Crippen LogP contribution in [0.15, 0.2) is 12.2 Å². The molecule has 1 N–H and O–H groups in total. The van der Waals surface area contributed by atoms with Crippen LogP contribution in [0.4, 0.5) is 4.79 Å². The van der Waals surface area contributed by atoms with E-state index in [1.54, 1.807) is 12.2 Å². The Morgan fingerprint density at radius 1 is 1.54 bits per heavy atom. The van der Waals surface area contributed by atoms with Crippen molar-refractivity contribution in [3.05, 3.63) is 12.2 Å². The predicted octanol–water partition coefficient (Wildman–Crippen LogP) is 1.75. The van der Waals surface area contributed by atoms with Gasteiger partial charge in [-0.1, -0.05) is 6.08 Å². The van der Waals surface area contributed by atoms with Crippen molar-refractivity contribution in [1.82, 2.24) is 0 Å². The number of rotatable bonds is 1. The standard InChI is InChI=1S/C9H12O4/c10-7-3-1-2-4-8(6-5-7)13-9(11)12/h2,4,8H,1,3,5-6H2,(H,11,12)/b4-2+. The quantitative estimate of drug-likeness (QED) is 0.498. The summed E-state index contributed by atoms with van der Waals surface area (Å²) in [4.78, 5) is 21.2. The molecule has 0 aliphatic heterocycles. The van der Waals surface area contributed by atoms with Gasteiger partial charge in [-0.05, 0) is 18.9 Å². The fourth-order valence-corrected chi connectivity index (χ4v) is 1.24. The van der Waals surface area contributed by atoms with E-state index in [9.17, 15) is 9.59 Å². The van der Waals surface area contributed by atoms with Crippen molar-refractivity contribution in [2.45, 2.75) is 31.8 Å². The average molecular weight is 184 g/mol. The van der Waals surface area contributed by atoms with Crippen LogP contribution in [0.2, 0.25) is 0 Å². The van der Waals surface area contributed by atoms with E-state index in [1.165, 1.54) is 0 Å². The van der Waals surface area contributed by atoms with Gasteiger partial charge in [-0.25, -0.2) is 4.79 Å². The molecule has 0 radical (unpaired) electrons. The lowest BCUT2D eigenvalue weighted by Crippen LogP contribution is -2.17. The summed E-state index contributed by atoms with van der Waals surface area (Å²) >= 11 is 0. The third kappa shape index (κ3) is 3.73. The van der Waals surface area contributed by atoms with E-state index in [0.29, 0.717) is 25.7 Å². The number of ketones is 1. The molecule has 0 aromatic carbocycles. The minimum atomic E-state index is -1.29. The average Bonchev–Trinajstić information content (AvgIpc) is 2.03. The molecule has 0 aromatic rings. The van der Waals surface area contributed by atoms with Crippen molar-refractivity contribution in [2.24, 2.45) is 0 Å². The van der Waals surface area contributed by atoms with Gasteiger partial charge in [0.05, 0.1) is 0 Å². The van der Waals surface area contributed by atoms with Crippen LogP contribution in [0.3, 0.4) is 0 Å². The van der Waals surface area contributed by atoms with Crippen LogP contribution in [-0.4, -0.2) is 23.1 Å². The second kappa shape index (κ2) is 4.64. The Morgan fingerprint density at radius 3 is 3.00 bits per heavy atom. The summed E-state index contributed by atoms with van der Waals surface area (Å²) in [5.74, 6) is 0.170. The largest absolute Gasteiger partial charge is 0.506 e. The molecule has 1 rings (SSSR count). The van der Waals surface area contributed by atoms with Gasteiger partial charge in [0.1, 0.15) is 11.9 Å². The van der Waals surface area contributed by atoms with Gasteiger partial charge in [-0.3, -0.25) is 4.79 Å². The summed E-state index contributed by atoms with van der Waals surface area (Å²) in [5, 5.41) is 8.35. The summed E-state index contributed by atoms with van der Waals surface area (Å²) in [7, 11) is 0. The topological polar surface area (TPSA) is 63.6 Å². The molecule has 1 aliphatic carbocycles. The zero-order valence-corrected chi connectivity index (χ0v) is 7.23. The number of carbonyl (C=O) groups excluding carboxylic acids is 1. The molecule has 0 bridgehead atoms. The second-order valence-electron chi connectivity index (χ2n) is 2.97. The Kier molecular flexibility index (Phi) is 3.49. The number of carbonyl (C=O) groups is 2. The monoisotopic (exact) mass is 184 g/mol. The Balaban J connectivity index is 2.48. The molecule has 0 saturated heterocycles. The summed E-state index contributed by atoms with van der Waals surface area (Å²) in [6.45, 7) is 0. The molecule has 1 aliphatic rings. The van der Waals surface area contributed by atoms with Crippen molar-refractivity contribution in [1.29, 1.82) is 0 Å². The van der Waals surface area contributed by atoms with Crippen molar-refractivity contribution in [3.8, 4) is 0 Å². The van der Waals surface area contributed by atoms with Gasteiger partial charge in [-0.2, -0.15) is 0 Å². The Bertz CT molecular complexity index is 232. The molecule has 0 aromatic heterocycles. The van der Waals surface area contributed by atoms with Gasteiger partial charge in [0.2, 0.25) is 0 Å². The summed E-state index contributed by atoms with van der Waals surface area (Å²) in [6.07, 6.45) is 3.86. The number of carboxylic acid groups (broad SMARTS) is 1. The van der Waals surface area contributed by atoms with Gasteiger partial charge >= 0.3 is 6.16 Å². The van der Waals surface area contributed by atoms with Crippen LogP contribution in [-0.2, 0) is 9.53 Å². The maximum atomic E-state index is 11.0. The van der Waals surface area contributed by atoms with Gasteiger partial charge in [-0.15, -0.1) is 0 Å². The molecule has 72 valence electrons. The van der Waals surface area contributed by atoms with Crippen LogP contribution in [0.1, 0.15) is 25.7 Å². The lowest BCUT2D eigenvalue weighted by Gasteiger charge is -2.13. The Morgan fingerprint density at radius 2 is 2.31 bits per heavy atom. The molecule has 4 nitrogen and oxygen atoms in total. The van der Waals surface area contributed by atoms with Gasteiger partial charge in [0.25, 0.3) is 0 Å². The van der Waals surface area contributed by atoms with E-state index in [-0.39, 0.29) is 5.78 Å². The first-order valence-corrected chi connectivity index (χ1v) is 4.26. The van der Waals surface area contributed by atoms with Gasteiger partial charge in [0.15, 0.2) is 0 Å². The van der Waals surface area contributed by atoms with Crippen LogP contribution < -0.4 is 0 Å². The van der Waals surface area contributed by atoms with Crippen LogP contribution in [0.5, 0.6) is 0 Å². The minimum Gasteiger partial charge on any atom is -0.450 e. The summed E-state index contributed by atoms with van der Waals surface area (Å²) in [5.41, 5.74) is 0. The van der Waals surface area contributed by atoms with E-state index in [4.69, 9.17) is 5.11 Å². The smallest absolute Gasteiger partial charge is 0.450 e. The molecule has 1 atom stereocenters. The Hall–Kier alpha value is -1.32. The number of hydrogen-bond acceptors (Lipinski definition) is 3. The highest BCUT2D eigenvalue weighted by Gasteiger charge is 2.14. The molecule has 0 fully saturated rings. The number of Topliss-reactive ketones (excluding diaryl/α,β-unsaturated/α-hetero) is 1. The fourth-order valence-electron chi connectivity index (χ4n) is 1.24. The number of hydrogen-bond donors (Lipinski definition) is 1. The van der Waals surface area contributed by atoms with E-state index < -0.39 is 12.3 Å². The molecule has 0 amide bonds. The van der Waals surface area contributed by atoms with Gasteiger partial charge < -0.3 is 9.84 Å². The van der Waals surface area contributed by atoms with Crippen molar-refractivity contribution < 1.29 is 19.4 Å². The minimum absolute atomic E-state index is 0.170. The predicted molar refractivity (Wildman–Crippen MR) is 45.5 cm³/mol. The van der Waals surface area contributed by atoms with Gasteiger partial charge in [0, 0.05) is 12.8 Å². The summed E-state index contributed by atoms with van der Waals surface area (Å²) < 4.78 is 4.55. The maximum absolute atomic E-state index is 11.0. The second-order valence-corrected chi connectivity index (χ2v) is 2.97. The van der Waals surface area contributed by atoms with E-state index >= 15 is 0 Å². The highest BCUT2D eigenvalue weighted by atomic mass is 16.7. The molecule has 0 heterocycles. The first-order chi connectivity index (χ1) is 6.18. The number of allylic oxidation sites excluding steroid dienone is 1. The van der Waals surface area contributed by atoms with Crippen molar-refractivity contribution in [3.63, 3.8) is 0 Å². The molecule has 4 heteroatoms. The van der Waals surface area contributed by atoms with Crippen LogP contribution >= 0.6 is 0 Å². The van der Waals surface area contributed by atoms with Crippen molar-refractivity contribution in [2.75, 3.05) is 0 Å². The van der Waals surface area contributed by atoms with Crippen LogP contribution in [0, 0.1) is 0 Å². The number of ether oxygens (including phenoxy) is 1. The lowest BCUT2D eigenvalue weighted by molar-refractivity contribution is -0.119. The van der Waals surface area contributed by atoms with E-state index in [0.717, 1.165) is 0 Å². The normalized spacial score (nSPS) is 25.8. The molecule has 13 heavy (non-hydrogen) atoms. The fraction of sp³-hybridized carbons (Fsp3) is 0.556. The molecule has 0 saturated carbocycles. The first kappa shape index (κ1) is 9.77. The summed E-state index contributed by atoms with van der Waals surface area (Å²) in [6, 6.07) is 0. The Labute approximate surface area is 76.2 Å². The zero-order chi connectivity index (χ0) is 9.68. The molecular formula is C9H12O4. The SMILES string of the molecule is O=C1CC/C=C/C(OC(=O)O)CC1. The van der Waals surface area contributed by atoms with E-state index in [1.807, 2.05) is 0 Å². The van der Waals surface area contributed by atoms with Crippen molar-refractivity contribution >= 4 is 11.9 Å². The highest BCUT2D eigenvalue weighted by Crippen LogP contribution is 2.11. The molecule has 0 spiro atoms. The van der Waals surface area contributed by atoms with Crippen LogP contribution in [0.25, 0.3) is 0 Å². The lowest BCUT2D eigenvalue weighted by atomic mass is 10.0. The first-order valence-electron chi connectivity index (χ1n) is 4.26.